The Morgan fingerprint density at radius 1 is 1.35 bits per heavy atom. The number of rotatable bonds is 5. The van der Waals surface area contributed by atoms with Gasteiger partial charge in [-0.1, -0.05) is 19.1 Å². The van der Waals surface area contributed by atoms with Gasteiger partial charge in [-0.25, -0.2) is 0 Å². The number of carbonyl (C=O) groups is 1. The maximum atomic E-state index is 12.0. The first-order valence-corrected chi connectivity index (χ1v) is 7.89. The minimum absolute atomic E-state index is 0. The van der Waals surface area contributed by atoms with Gasteiger partial charge in [-0.3, -0.25) is 9.69 Å². The molecule has 2 rings (SSSR count). The molecule has 4 nitrogen and oxygen atoms in total. The summed E-state index contributed by atoms with van der Waals surface area (Å²) in [4.78, 5) is 14.5. The zero-order chi connectivity index (χ0) is 15.2. The molecule has 1 heterocycles. The maximum absolute atomic E-state index is 12.0. The second kappa shape index (κ2) is 10.7. The molecular formula is C17H29Cl2N3O. The molecular weight excluding hydrogens is 333 g/mol. The van der Waals surface area contributed by atoms with E-state index in [2.05, 4.69) is 24.1 Å². The van der Waals surface area contributed by atoms with E-state index in [4.69, 9.17) is 5.73 Å². The largest absolute Gasteiger partial charge is 0.399 e. The Labute approximate surface area is 152 Å². The molecule has 23 heavy (non-hydrogen) atoms. The number of nitrogens with two attached hydrogens (primary N) is 1. The fraction of sp³-hybridized carbons (Fsp3) is 0.588. The first-order valence-electron chi connectivity index (χ1n) is 7.89. The SMILES string of the molecule is CC1CCCN(C(C)CNC(=O)Cc2ccc(N)cc2)C1.Cl.Cl. The van der Waals surface area contributed by atoms with E-state index < -0.39 is 0 Å². The summed E-state index contributed by atoms with van der Waals surface area (Å²) in [5.41, 5.74) is 7.37. The molecule has 1 aromatic rings. The van der Waals surface area contributed by atoms with Gasteiger partial charge in [0.05, 0.1) is 6.42 Å². The number of likely N-dealkylation sites (tertiary alicyclic amines) is 1. The number of nitrogens with zero attached hydrogens (tertiary/aromatic N) is 1. The molecule has 132 valence electrons. The number of amides is 1. The topological polar surface area (TPSA) is 58.4 Å². The number of piperidine rings is 1. The Morgan fingerprint density at radius 2 is 2.00 bits per heavy atom. The molecule has 1 fully saturated rings. The number of carbonyl (C=O) groups excluding carboxylic acids is 1. The van der Waals surface area contributed by atoms with Crippen molar-refractivity contribution >= 4 is 36.4 Å². The van der Waals surface area contributed by atoms with E-state index in [0.29, 0.717) is 12.5 Å². The summed E-state index contributed by atoms with van der Waals surface area (Å²) < 4.78 is 0. The standard InChI is InChI=1S/C17H27N3O.2ClH/c1-13-4-3-9-20(12-13)14(2)11-19-17(21)10-15-5-7-16(18)8-6-15;;/h5-8,13-14H,3-4,9-12,18H2,1-2H3,(H,19,21);2*1H. The third-order valence-corrected chi connectivity index (χ3v) is 4.25. The van der Waals surface area contributed by atoms with E-state index in [1.54, 1.807) is 0 Å². The van der Waals surface area contributed by atoms with Crippen molar-refractivity contribution in [2.24, 2.45) is 5.92 Å². The van der Waals surface area contributed by atoms with Crippen LogP contribution in [0.25, 0.3) is 0 Å². The fourth-order valence-electron chi connectivity index (χ4n) is 2.90. The van der Waals surface area contributed by atoms with Crippen molar-refractivity contribution < 1.29 is 4.79 Å². The average molecular weight is 362 g/mol. The molecule has 6 heteroatoms. The second-order valence-corrected chi connectivity index (χ2v) is 6.31. The number of halogens is 2. The van der Waals surface area contributed by atoms with Gasteiger partial charge in [0.25, 0.3) is 0 Å². The van der Waals surface area contributed by atoms with Gasteiger partial charge in [0.15, 0.2) is 0 Å². The molecule has 2 unspecified atom stereocenters. The Bertz CT molecular complexity index is 467. The van der Waals surface area contributed by atoms with E-state index in [0.717, 1.165) is 36.8 Å². The quantitative estimate of drug-likeness (QED) is 0.792. The number of hydrogen-bond acceptors (Lipinski definition) is 3. The smallest absolute Gasteiger partial charge is 0.224 e. The van der Waals surface area contributed by atoms with Crippen LogP contribution in [0.1, 0.15) is 32.3 Å². The number of nitrogen functional groups attached to an aromatic ring is 1. The molecule has 1 aliphatic rings. The van der Waals surface area contributed by atoms with Gasteiger partial charge in [0.2, 0.25) is 5.91 Å². The Morgan fingerprint density at radius 3 is 2.61 bits per heavy atom. The van der Waals surface area contributed by atoms with Gasteiger partial charge in [-0.05, 0) is 49.9 Å². The molecule has 1 aromatic carbocycles. The maximum Gasteiger partial charge on any atom is 0.224 e. The lowest BCUT2D eigenvalue weighted by atomic mass is 9.99. The summed E-state index contributed by atoms with van der Waals surface area (Å²) in [6.07, 6.45) is 3.01. The highest BCUT2D eigenvalue weighted by molar-refractivity contribution is 5.85. The molecule has 1 amide bonds. The Hall–Kier alpha value is -0.970. The van der Waals surface area contributed by atoms with Crippen molar-refractivity contribution in [3.8, 4) is 0 Å². The molecule has 0 radical (unpaired) electrons. The van der Waals surface area contributed by atoms with Gasteiger partial charge in [0, 0.05) is 24.8 Å². The van der Waals surface area contributed by atoms with Crippen LogP contribution >= 0.6 is 24.8 Å². The molecule has 0 bridgehead atoms. The van der Waals surface area contributed by atoms with Crippen molar-refractivity contribution in [3.05, 3.63) is 29.8 Å². The number of nitrogens with one attached hydrogen (secondary N) is 1. The van der Waals surface area contributed by atoms with Crippen molar-refractivity contribution in [3.63, 3.8) is 0 Å². The van der Waals surface area contributed by atoms with Crippen LogP contribution in [0.5, 0.6) is 0 Å². The van der Waals surface area contributed by atoms with Crippen LogP contribution in [0.3, 0.4) is 0 Å². The Kier molecular flexibility index (Phi) is 10.3. The summed E-state index contributed by atoms with van der Waals surface area (Å²) >= 11 is 0. The van der Waals surface area contributed by atoms with E-state index in [-0.39, 0.29) is 30.7 Å². The fourth-order valence-corrected chi connectivity index (χ4v) is 2.90. The highest BCUT2D eigenvalue weighted by Crippen LogP contribution is 2.17. The van der Waals surface area contributed by atoms with E-state index in [1.807, 2.05) is 24.3 Å². The van der Waals surface area contributed by atoms with Crippen molar-refractivity contribution in [1.29, 1.82) is 0 Å². The number of benzene rings is 1. The summed E-state index contributed by atoms with van der Waals surface area (Å²) in [7, 11) is 0. The lowest BCUT2D eigenvalue weighted by Crippen LogP contribution is -2.46. The second-order valence-electron chi connectivity index (χ2n) is 6.31. The third kappa shape index (κ3) is 7.42. The van der Waals surface area contributed by atoms with Crippen LogP contribution in [0.15, 0.2) is 24.3 Å². The number of anilines is 1. The third-order valence-electron chi connectivity index (χ3n) is 4.25. The lowest BCUT2D eigenvalue weighted by molar-refractivity contribution is -0.120. The predicted molar refractivity (Wildman–Crippen MR) is 101 cm³/mol. The predicted octanol–water partition coefficient (Wildman–Crippen LogP) is 2.89. The Balaban J connectivity index is 0.00000242. The van der Waals surface area contributed by atoms with E-state index in [9.17, 15) is 4.79 Å². The van der Waals surface area contributed by atoms with Gasteiger partial charge in [-0.15, -0.1) is 24.8 Å². The van der Waals surface area contributed by atoms with Crippen LogP contribution in [-0.4, -0.2) is 36.5 Å². The average Bonchev–Trinajstić information content (AvgIpc) is 2.47. The lowest BCUT2D eigenvalue weighted by Gasteiger charge is -2.35. The molecule has 2 atom stereocenters. The number of hydrogen-bond donors (Lipinski definition) is 2. The zero-order valence-electron chi connectivity index (χ0n) is 14.0. The molecule has 0 aliphatic carbocycles. The minimum Gasteiger partial charge on any atom is -0.399 e. The molecule has 0 spiro atoms. The molecule has 0 aromatic heterocycles. The minimum atomic E-state index is 0. The van der Waals surface area contributed by atoms with E-state index in [1.165, 1.54) is 12.8 Å². The van der Waals surface area contributed by atoms with Gasteiger partial charge in [0.1, 0.15) is 0 Å². The summed E-state index contributed by atoms with van der Waals surface area (Å²) in [6, 6.07) is 7.89. The van der Waals surface area contributed by atoms with Crippen LogP contribution in [0.2, 0.25) is 0 Å². The molecule has 1 aliphatic heterocycles. The molecule has 1 saturated heterocycles. The zero-order valence-corrected chi connectivity index (χ0v) is 15.6. The van der Waals surface area contributed by atoms with E-state index >= 15 is 0 Å². The summed E-state index contributed by atoms with van der Waals surface area (Å²) in [6.45, 7) is 7.52. The van der Waals surface area contributed by atoms with Gasteiger partial charge < -0.3 is 11.1 Å². The van der Waals surface area contributed by atoms with Crippen molar-refractivity contribution in [2.75, 3.05) is 25.4 Å². The highest BCUT2D eigenvalue weighted by atomic mass is 35.5. The monoisotopic (exact) mass is 361 g/mol. The van der Waals surface area contributed by atoms with Crippen LogP contribution in [0.4, 0.5) is 5.69 Å². The summed E-state index contributed by atoms with van der Waals surface area (Å²) in [5.74, 6) is 0.850. The normalized spacial score (nSPS) is 19.1. The van der Waals surface area contributed by atoms with Gasteiger partial charge in [-0.2, -0.15) is 0 Å². The molecule has 3 N–H and O–H groups in total. The summed E-state index contributed by atoms with van der Waals surface area (Å²) in [5, 5.41) is 3.05. The highest BCUT2D eigenvalue weighted by Gasteiger charge is 2.21. The van der Waals surface area contributed by atoms with Crippen LogP contribution < -0.4 is 11.1 Å². The first-order chi connectivity index (χ1) is 10.0. The molecule has 0 saturated carbocycles. The van der Waals surface area contributed by atoms with Crippen LogP contribution in [0, 0.1) is 5.92 Å². The van der Waals surface area contributed by atoms with Crippen molar-refractivity contribution in [1.82, 2.24) is 10.2 Å². The first kappa shape index (κ1) is 22.0. The van der Waals surface area contributed by atoms with Crippen LogP contribution in [-0.2, 0) is 11.2 Å². The van der Waals surface area contributed by atoms with Crippen molar-refractivity contribution in [2.45, 2.75) is 39.2 Å². The van der Waals surface area contributed by atoms with Gasteiger partial charge >= 0.3 is 0 Å².